The number of alkyl halides is 3. The van der Waals surface area contributed by atoms with Gasteiger partial charge in [0.15, 0.2) is 0 Å². The molecule has 11 heteroatoms. The summed E-state index contributed by atoms with van der Waals surface area (Å²) in [4.78, 5) is 15.9. The van der Waals surface area contributed by atoms with Gasteiger partial charge in [-0.3, -0.25) is 4.79 Å². The topological polar surface area (TPSA) is 61.6 Å². The number of nitrogens with one attached hydrogen (secondary N) is 1. The molecule has 1 atom stereocenters. The number of carbonyl (C=O) groups is 1. The number of nitrogens with zero attached hydrogens (tertiary/aromatic N) is 2. The third kappa shape index (κ3) is 7.91. The van der Waals surface area contributed by atoms with Gasteiger partial charge >= 0.3 is 6.18 Å². The molecule has 1 amide bonds. The average molecular weight is 454 g/mol. The highest BCUT2D eigenvalue weighted by atomic mass is 35.5. The van der Waals surface area contributed by atoms with Gasteiger partial charge in [0.25, 0.3) is 0 Å². The van der Waals surface area contributed by atoms with Crippen molar-refractivity contribution in [2.24, 2.45) is 5.73 Å². The van der Waals surface area contributed by atoms with Crippen molar-refractivity contribution >= 4 is 48.8 Å². The normalized spacial score (nSPS) is 15.7. The Morgan fingerprint density at radius 2 is 1.74 bits per heavy atom. The van der Waals surface area contributed by atoms with E-state index in [-0.39, 0.29) is 43.8 Å². The van der Waals surface area contributed by atoms with Crippen LogP contribution in [-0.2, 0) is 17.5 Å². The molecule has 2 rings (SSSR count). The lowest BCUT2D eigenvalue weighted by molar-refractivity contribution is -0.137. The molecule has 0 aromatic heterocycles. The number of nitrogens with two attached hydrogens (primary N) is 1. The third-order valence-electron chi connectivity index (χ3n) is 4.12. The summed E-state index contributed by atoms with van der Waals surface area (Å²) in [5.41, 5.74) is 5.94. The summed E-state index contributed by atoms with van der Waals surface area (Å²) in [6, 6.07) is 2.98. The van der Waals surface area contributed by atoms with Crippen LogP contribution in [0, 0.1) is 0 Å². The molecule has 27 heavy (non-hydrogen) atoms. The molecule has 0 spiro atoms. The fraction of sp³-hybridized carbons (Fsp3) is 0.562. The Labute approximate surface area is 176 Å². The van der Waals surface area contributed by atoms with Crippen LogP contribution in [-0.4, -0.2) is 50.1 Å². The summed E-state index contributed by atoms with van der Waals surface area (Å²) in [6.45, 7) is 4.69. The van der Waals surface area contributed by atoms with Crippen LogP contribution in [0.1, 0.15) is 18.1 Å². The standard InChI is InChI=1S/C16H23F3N4O.3ClH/c1-11(20)15(24)21-10-12-9-13(16(17,18)19)3-4-14(12)23-7-5-22(2)6-8-23;;;/h3-4,9,11H,5-8,10,20H2,1-2H3,(H,21,24);3*1H/t11-;;;/m1.../s1. The van der Waals surface area contributed by atoms with E-state index in [1.54, 1.807) is 0 Å². The van der Waals surface area contributed by atoms with Gasteiger partial charge in [-0.25, -0.2) is 0 Å². The van der Waals surface area contributed by atoms with Crippen LogP contribution < -0.4 is 16.0 Å². The van der Waals surface area contributed by atoms with E-state index in [1.807, 2.05) is 11.9 Å². The molecular formula is C16H26Cl3F3N4O. The van der Waals surface area contributed by atoms with Crippen molar-refractivity contribution in [3.05, 3.63) is 29.3 Å². The van der Waals surface area contributed by atoms with Crippen LogP contribution in [0.2, 0.25) is 0 Å². The molecule has 1 heterocycles. The quantitative estimate of drug-likeness (QED) is 0.736. The number of hydrogen-bond acceptors (Lipinski definition) is 4. The van der Waals surface area contributed by atoms with E-state index in [0.717, 1.165) is 44.0 Å². The van der Waals surface area contributed by atoms with Gasteiger partial charge in [0.1, 0.15) is 0 Å². The van der Waals surface area contributed by atoms with Crippen molar-refractivity contribution in [3.8, 4) is 0 Å². The van der Waals surface area contributed by atoms with E-state index < -0.39 is 23.7 Å². The third-order valence-corrected chi connectivity index (χ3v) is 4.12. The maximum absolute atomic E-state index is 13.0. The zero-order valence-electron chi connectivity index (χ0n) is 15.1. The lowest BCUT2D eigenvalue weighted by Crippen LogP contribution is -2.45. The fourth-order valence-corrected chi connectivity index (χ4v) is 2.60. The molecule has 158 valence electrons. The van der Waals surface area contributed by atoms with Crippen molar-refractivity contribution in [1.82, 2.24) is 10.2 Å². The summed E-state index contributed by atoms with van der Waals surface area (Å²) < 4.78 is 39.0. The van der Waals surface area contributed by atoms with E-state index in [2.05, 4.69) is 10.2 Å². The summed E-state index contributed by atoms with van der Waals surface area (Å²) >= 11 is 0. The van der Waals surface area contributed by atoms with Crippen molar-refractivity contribution < 1.29 is 18.0 Å². The molecule has 0 radical (unpaired) electrons. The Kier molecular flexibility index (Phi) is 12.4. The molecule has 1 aromatic carbocycles. The number of piperazine rings is 1. The zero-order valence-corrected chi connectivity index (χ0v) is 17.5. The number of carbonyl (C=O) groups excluding carboxylic acids is 1. The zero-order chi connectivity index (χ0) is 17.9. The van der Waals surface area contributed by atoms with Crippen molar-refractivity contribution in [2.45, 2.75) is 25.7 Å². The lowest BCUT2D eigenvalue weighted by Gasteiger charge is -2.35. The number of benzene rings is 1. The summed E-state index contributed by atoms with van der Waals surface area (Å²) in [7, 11) is 2.01. The Morgan fingerprint density at radius 1 is 1.19 bits per heavy atom. The highest BCUT2D eigenvalue weighted by Gasteiger charge is 2.31. The molecule has 1 saturated heterocycles. The van der Waals surface area contributed by atoms with Gasteiger partial charge in [0, 0.05) is 38.4 Å². The number of amides is 1. The van der Waals surface area contributed by atoms with Crippen LogP contribution in [0.15, 0.2) is 18.2 Å². The first-order valence-corrected chi connectivity index (χ1v) is 7.85. The van der Waals surface area contributed by atoms with E-state index in [4.69, 9.17) is 5.73 Å². The molecule has 1 aliphatic rings. The van der Waals surface area contributed by atoms with Crippen molar-refractivity contribution in [2.75, 3.05) is 38.1 Å². The molecule has 0 saturated carbocycles. The minimum Gasteiger partial charge on any atom is -0.369 e. The number of likely N-dealkylation sites (N-methyl/N-ethyl adjacent to an activating group) is 1. The van der Waals surface area contributed by atoms with Gasteiger partial charge in [0.05, 0.1) is 11.6 Å². The van der Waals surface area contributed by atoms with E-state index in [1.165, 1.54) is 13.0 Å². The van der Waals surface area contributed by atoms with E-state index in [0.29, 0.717) is 5.56 Å². The second kappa shape index (κ2) is 11.8. The van der Waals surface area contributed by atoms with Crippen LogP contribution >= 0.6 is 37.2 Å². The highest BCUT2D eigenvalue weighted by Crippen LogP contribution is 2.33. The average Bonchev–Trinajstić information content (AvgIpc) is 2.52. The largest absolute Gasteiger partial charge is 0.416 e. The molecule has 0 bridgehead atoms. The Morgan fingerprint density at radius 3 is 2.22 bits per heavy atom. The highest BCUT2D eigenvalue weighted by molar-refractivity contribution is 5.86. The van der Waals surface area contributed by atoms with E-state index >= 15 is 0 Å². The molecule has 5 nitrogen and oxygen atoms in total. The number of hydrogen-bond donors (Lipinski definition) is 2. The van der Waals surface area contributed by atoms with E-state index in [9.17, 15) is 18.0 Å². The smallest absolute Gasteiger partial charge is 0.369 e. The van der Waals surface area contributed by atoms with Gasteiger partial charge < -0.3 is 20.9 Å². The first-order valence-electron chi connectivity index (χ1n) is 7.85. The van der Waals surface area contributed by atoms with Crippen LogP contribution in [0.4, 0.5) is 18.9 Å². The monoisotopic (exact) mass is 452 g/mol. The molecule has 3 N–H and O–H groups in total. The van der Waals surface area contributed by atoms with Gasteiger partial charge in [-0.15, -0.1) is 37.2 Å². The fourth-order valence-electron chi connectivity index (χ4n) is 2.60. The van der Waals surface area contributed by atoms with Crippen molar-refractivity contribution in [1.29, 1.82) is 0 Å². The number of halogens is 6. The van der Waals surface area contributed by atoms with Gasteiger partial charge in [-0.2, -0.15) is 13.2 Å². The minimum atomic E-state index is -4.42. The van der Waals surface area contributed by atoms with Crippen LogP contribution in [0.5, 0.6) is 0 Å². The molecule has 1 fully saturated rings. The Hall–Kier alpha value is -0.930. The summed E-state index contributed by atoms with van der Waals surface area (Å²) in [5, 5.41) is 2.60. The SMILES string of the molecule is C[C@@H](N)C(=O)NCc1cc(C(F)(F)F)ccc1N1CCN(C)CC1.Cl.Cl.Cl. The second-order valence-corrected chi connectivity index (χ2v) is 6.14. The molecule has 0 unspecified atom stereocenters. The van der Waals surface area contributed by atoms with Crippen LogP contribution in [0.25, 0.3) is 0 Å². The van der Waals surface area contributed by atoms with Gasteiger partial charge in [-0.1, -0.05) is 0 Å². The number of rotatable bonds is 4. The molecular weight excluding hydrogens is 428 g/mol. The first-order chi connectivity index (χ1) is 11.2. The summed E-state index contributed by atoms with van der Waals surface area (Å²) in [5.74, 6) is -0.392. The molecule has 1 aromatic rings. The predicted octanol–water partition coefficient (Wildman–Crippen LogP) is 2.69. The second-order valence-electron chi connectivity index (χ2n) is 6.14. The maximum Gasteiger partial charge on any atom is 0.416 e. The molecule has 1 aliphatic heterocycles. The van der Waals surface area contributed by atoms with Crippen molar-refractivity contribution in [3.63, 3.8) is 0 Å². The lowest BCUT2D eigenvalue weighted by atomic mass is 10.1. The first kappa shape index (κ1) is 28.3. The maximum atomic E-state index is 13.0. The Bertz CT molecular complexity index is 595. The minimum absolute atomic E-state index is 0. The van der Waals surface area contributed by atoms with Crippen LogP contribution in [0.3, 0.4) is 0 Å². The predicted molar refractivity (Wildman–Crippen MR) is 108 cm³/mol. The number of anilines is 1. The van der Waals surface area contributed by atoms with Gasteiger partial charge in [-0.05, 0) is 37.7 Å². The summed E-state index contributed by atoms with van der Waals surface area (Å²) in [6.07, 6.45) is -4.42. The Balaban J connectivity index is 0. The van der Waals surface area contributed by atoms with Gasteiger partial charge in [0.2, 0.25) is 5.91 Å². The molecule has 0 aliphatic carbocycles.